The number of hydrogen-bond acceptors (Lipinski definition) is 3. The van der Waals surface area contributed by atoms with Crippen LogP contribution in [0.1, 0.15) is 6.42 Å². The van der Waals surface area contributed by atoms with Crippen LogP contribution in [0.3, 0.4) is 0 Å². The second-order valence-corrected chi connectivity index (χ2v) is 1.86. The van der Waals surface area contributed by atoms with Gasteiger partial charge in [-0.1, -0.05) is 0 Å². The van der Waals surface area contributed by atoms with Crippen molar-refractivity contribution in [3.8, 4) is 0 Å². The molecule has 11 heavy (non-hydrogen) atoms. The Hall–Kier alpha value is -1.26. The number of ether oxygens (including phenoxy) is 1. The van der Waals surface area contributed by atoms with Crippen LogP contribution >= 0.6 is 0 Å². The minimum Gasteiger partial charge on any atom is -0.469 e. The molecule has 0 aliphatic heterocycles. The lowest BCUT2D eigenvalue weighted by Gasteiger charge is -2.02. The first-order chi connectivity index (χ1) is 5.20. The number of methoxy groups -OCH3 is 1. The molecular weight excluding hydrogens is 146 g/mol. The molecule has 0 saturated carbocycles. The van der Waals surface area contributed by atoms with Crippen LogP contribution in [-0.2, 0) is 9.53 Å². The Labute approximate surface area is 65.6 Å². The van der Waals surface area contributed by atoms with Crippen molar-refractivity contribution in [2.24, 2.45) is 10.7 Å². The Balaban J connectivity index is 3.35. The molecule has 5 heteroatoms. The lowest BCUT2D eigenvalue weighted by Crippen LogP contribution is -2.33. The first kappa shape index (κ1) is 9.74. The van der Waals surface area contributed by atoms with Gasteiger partial charge in [-0.05, 0) is 0 Å². The molecule has 0 spiro atoms. The van der Waals surface area contributed by atoms with E-state index >= 15 is 0 Å². The van der Waals surface area contributed by atoms with E-state index in [2.05, 4.69) is 15.0 Å². The first-order valence-electron chi connectivity index (χ1n) is 3.23. The minimum atomic E-state index is -0.263. The molecule has 64 valence electrons. The standard InChI is InChI=1S/C6H13N3O2/c1-8-6(7)9-4-3-5(10)11-2/h3-4H2,1-2H3,(H3,7,8,9). The first-order valence-corrected chi connectivity index (χ1v) is 3.23. The summed E-state index contributed by atoms with van der Waals surface area (Å²) >= 11 is 0. The summed E-state index contributed by atoms with van der Waals surface area (Å²) in [6.45, 7) is 0.454. The molecule has 3 N–H and O–H groups in total. The number of nitrogens with one attached hydrogen (secondary N) is 1. The molecule has 0 amide bonds. The van der Waals surface area contributed by atoms with Crippen LogP contribution in [0.5, 0.6) is 0 Å². The quantitative estimate of drug-likeness (QED) is 0.317. The van der Waals surface area contributed by atoms with Gasteiger partial charge in [0.1, 0.15) is 0 Å². The Kier molecular flexibility index (Phi) is 4.89. The van der Waals surface area contributed by atoms with E-state index in [0.29, 0.717) is 18.9 Å². The Morgan fingerprint density at radius 2 is 2.36 bits per heavy atom. The number of carbonyl (C=O) groups excluding carboxylic acids is 1. The fourth-order valence-electron chi connectivity index (χ4n) is 0.474. The smallest absolute Gasteiger partial charge is 0.307 e. The summed E-state index contributed by atoms with van der Waals surface area (Å²) in [5.41, 5.74) is 5.29. The van der Waals surface area contributed by atoms with Crippen molar-refractivity contribution >= 4 is 11.9 Å². The largest absolute Gasteiger partial charge is 0.469 e. The number of guanidine groups is 1. The van der Waals surface area contributed by atoms with Crippen molar-refractivity contribution in [3.05, 3.63) is 0 Å². The fraction of sp³-hybridized carbons (Fsp3) is 0.667. The molecule has 0 aromatic rings. The zero-order valence-electron chi connectivity index (χ0n) is 6.76. The molecule has 0 radical (unpaired) electrons. The Bertz CT molecular complexity index is 156. The van der Waals surface area contributed by atoms with Gasteiger partial charge in [0.25, 0.3) is 0 Å². The van der Waals surface area contributed by atoms with Gasteiger partial charge in [0, 0.05) is 13.6 Å². The molecule has 0 aliphatic carbocycles. The van der Waals surface area contributed by atoms with Crippen molar-refractivity contribution in [1.29, 1.82) is 0 Å². The zero-order valence-corrected chi connectivity index (χ0v) is 6.76. The van der Waals surface area contributed by atoms with Gasteiger partial charge in [0.2, 0.25) is 0 Å². The average Bonchev–Trinajstić information content (AvgIpc) is 2.04. The highest BCUT2D eigenvalue weighted by Crippen LogP contribution is 1.79. The van der Waals surface area contributed by atoms with Crippen LogP contribution in [0, 0.1) is 0 Å². The van der Waals surface area contributed by atoms with E-state index in [1.165, 1.54) is 7.11 Å². The highest BCUT2D eigenvalue weighted by molar-refractivity contribution is 5.78. The van der Waals surface area contributed by atoms with E-state index in [1.54, 1.807) is 7.05 Å². The summed E-state index contributed by atoms with van der Waals surface area (Å²) < 4.78 is 4.41. The van der Waals surface area contributed by atoms with Crippen LogP contribution in [-0.4, -0.2) is 32.6 Å². The molecule has 0 unspecified atom stereocenters. The Morgan fingerprint density at radius 1 is 1.73 bits per heavy atom. The van der Waals surface area contributed by atoms with Crippen LogP contribution in [0.15, 0.2) is 4.99 Å². The van der Waals surface area contributed by atoms with Crippen molar-refractivity contribution < 1.29 is 9.53 Å². The monoisotopic (exact) mass is 159 g/mol. The van der Waals surface area contributed by atoms with E-state index in [9.17, 15) is 4.79 Å². The van der Waals surface area contributed by atoms with E-state index < -0.39 is 0 Å². The summed E-state index contributed by atoms with van der Waals surface area (Å²) in [5.74, 6) is 0.0651. The number of carbonyl (C=O) groups is 1. The van der Waals surface area contributed by atoms with Gasteiger partial charge in [-0.15, -0.1) is 0 Å². The lowest BCUT2D eigenvalue weighted by atomic mass is 10.4. The average molecular weight is 159 g/mol. The summed E-state index contributed by atoms with van der Waals surface area (Å²) in [4.78, 5) is 14.2. The normalized spacial score (nSPS) is 10.9. The number of hydrogen-bond donors (Lipinski definition) is 2. The zero-order chi connectivity index (χ0) is 8.69. The molecule has 0 bridgehead atoms. The summed E-state index contributed by atoms with van der Waals surface area (Å²) in [6, 6.07) is 0. The van der Waals surface area contributed by atoms with Crippen molar-refractivity contribution in [1.82, 2.24) is 5.32 Å². The van der Waals surface area contributed by atoms with E-state index in [4.69, 9.17) is 5.73 Å². The number of nitrogens with zero attached hydrogens (tertiary/aromatic N) is 1. The second-order valence-electron chi connectivity index (χ2n) is 1.86. The third kappa shape index (κ3) is 5.20. The van der Waals surface area contributed by atoms with E-state index in [0.717, 1.165) is 0 Å². The number of esters is 1. The van der Waals surface area contributed by atoms with Crippen molar-refractivity contribution in [2.45, 2.75) is 6.42 Å². The molecule has 0 aromatic carbocycles. The molecule has 0 fully saturated rings. The molecule has 0 saturated heterocycles. The van der Waals surface area contributed by atoms with Gasteiger partial charge >= 0.3 is 5.97 Å². The molecule has 0 atom stereocenters. The molecular formula is C6H13N3O2. The number of aliphatic imine (C=N–C) groups is 1. The predicted molar refractivity (Wildman–Crippen MR) is 42.2 cm³/mol. The highest BCUT2D eigenvalue weighted by Gasteiger charge is 1.98. The van der Waals surface area contributed by atoms with Gasteiger partial charge in [-0.2, -0.15) is 0 Å². The van der Waals surface area contributed by atoms with Gasteiger partial charge < -0.3 is 15.8 Å². The van der Waals surface area contributed by atoms with Crippen LogP contribution in [0.25, 0.3) is 0 Å². The second kappa shape index (κ2) is 5.52. The minimum absolute atomic E-state index is 0.263. The maximum Gasteiger partial charge on any atom is 0.307 e. The summed E-state index contributed by atoms with van der Waals surface area (Å²) in [6.07, 6.45) is 0.298. The third-order valence-electron chi connectivity index (χ3n) is 1.10. The third-order valence-corrected chi connectivity index (χ3v) is 1.10. The van der Waals surface area contributed by atoms with Crippen LogP contribution in [0.4, 0.5) is 0 Å². The lowest BCUT2D eigenvalue weighted by molar-refractivity contribution is -0.140. The molecule has 0 aliphatic rings. The van der Waals surface area contributed by atoms with Gasteiger partial charge in [-0.3, -0.25) is 9.79 Å². The number of rotatable bonds is 3. The van der Waals surface area contributed by atoms with Gasteiger partial charge in [-0.25, -0.2) is 0 Å². The maximum atomic E-state index is 10.5. The molecule has 0 rings (SSSR count). The fourth-order valence-corrected chi connectivity index (χ4v) is 0.474. The number of nitrogens with two attached hydrogens (primary N) is 1. The van der Waals surface area contributed by atoms with Crippen LogP contribution in [0.2, 0.25) is 0 Å². The van der Waals surface area contributed by atoms with Gasteiger partial charge in [0.15, 0.2) is 5.96 Å². The summed E-state index contributed by atoms with van der Waals surface area (Å²) in [7, 11) is 2.92. The van der Waals surface area contributed by atoms with Crippen molar-refractivity contribution in [3.63, 3.8) is 0 Å². The van der Waals surface area contributed by atoms with Crippen LogP contribution < -0.4 is 11.1 Å². The van der Waals surface area contributed by atoms with E-state index in [1.807, 2.05) is 0 Å². The molecule has 0 heterocycles. The summed E-state index contributed by atoms with van der Waals surface area (Å²) in [5, 5.41) is 2.72. The van der Waals surface area contributed by atoms with Gasteiger partial charge in [0.05, 0.1) is 13.5 Å². The topological polar surface area (TPSA) is 76.7 Å². The van der Waals surface area contributed by atoms with Crippen molar-refractivity contribution in [2.75, 3.05) is 20.7 Å². The molecule has 0 aromatic heterocycles. The predicted octanol–water partition coefficient (Wildman–Crippen LogP) is -0.916. The SMILES string of the molecule is CN=C(N)NCCC(=O)OC. The van der Waals surface area contributed by atoms with E-state index in [-0.39, 0.29) is 5.97 Å². The maximum absolute atomic E-state index is 10.5. The molecule has 5 nitrogen and oxygen atoms in total. The Morgan fingerprint density at radius 3 is 2.82 bits per heavy atom. The highest BCUT2D eigenvalue weighted by atomic mass is 16.5.